The van der Waals surface area contributed by atoms with E-state index in [2.05, 4.69) is 58.2 Å². The second kappa shape index (κ2) is 19.2. The average Bonchev–Trinajstić information content (AvgIpc) is 3.20. The monoisotopic (exact) mass is 760 g/mol. The van der Waals surface area contributed by atoms with Crippen molar-refractivity contribution in [2.45, 2.75) is 78.8 Å². The molecule has 2 aliphatic heterocycles. The van der Waals surface area contributed by atoms with Crippen molar-refractivity contribution in [1.82, 2.24) is 0 Å². The van der Waals surface area contributed by atoms with Gasteiger partial charge >= 0.3 is 11.9 Å². The number of rotatable bonds is 15. The van der Waals surface area contributed by atoms with E-state index in [9.17, 15) is 9.59 Å². The number of carbonyl (C=O) groups excluding carboxylic acids is 2. The number of hydrogen-bond acceptors (Lipinski definition) is 9. The van der Waals surface area contributed by atoms with Crippen LogP contribution in [-0.2, 0) is 28.5 Å². The summed E-state index contributed by atoms with van der Waals surface area (Å²) < 4.78 is 40.4. The second-order valence-corrected chi connectivity index (χ2v) is 14.4. The van der Waals surface area contributed by atoms with Crippen LogP contribution in [0.25, 0.3) is 33.4 Å². The molecule has 0 radical (unpaired) electrons. The predicted octanol–water partition coefficient (Wildman–Crippen LogP) is 10.0. The van der Waals surface area contributed by atoms with Crippen molar-refractivity contribution in [2.24, 2.45) is 0 Å². The second-order valence-electron chi connectivity index (χ2n) is 14.4. The molecule has 294 valence electrons. The van der Waals surface area contributed by atoms with E-state index < -0.39 is 11.9 Å². The third-order valence-electron chi connectivity index (χ3n) is 9.84. The molecule has 2 atom stereocenters. The summed E-state index contributed by atoms with van der Waals surface area (Å²) in [6, 6.07) is 23.4. The Morgan fingerprint density at radius 1 is 0.643 bits per heavy atom. The lowest BCUT2D eigenvalue weighted by atomic mass is 9.88. The molecule has 2 aliphatic rings. The smallest absolute Gasteiger partial charge is 0.341 e. The molecule has 0 aromatic heterocycles. The van der Waals surface area contributed by atoms with Crippen LogP contribution < -0.4 is 14.2 Å². The van der Waals surface area contributed by atoms with E-state index in [-0.39, 0.29) is 36.9 Å². The third-order valence-corrected chi connectivity index (χ3v) is 9.84. The summed E-state index contributed by atoms with van der Waals surface area (Å²) in [5.74, 6) is 0.349. The molecule has 6 rings (SSSR count). The van der Waals surface area contributed by atoms with E-state index in [4.69, 9.17) is 33.2 Å². The van der Waals surface area contributed by atoms with Gasteiger partial charge < -0.3 is 33.2 Å². The minimum absolute atomic E-state index is 0.0383. The summed E-state index contributed by atoms with van der Waals surface area (Å²) in [5, 5.41) is 0. The Morgan fingerprint density at radius 2 is 1.09 bits per heavy atom. The standard InChI is InChI=1S/C47H52O9/c1-7-50-45-40(35-14-18-38(19-15-35)55-46(48)33(5)28-53-42-12-8-10-22-51-42)26-37(44-31(3)24-30(2)25-32(44)4)27-41(45)36-16-20-39(21-17-36)56-47(49)34(6)29-54-43-13-9-11-23-52-43/h14-21,24-27,42-43H,5-13,22-23,28-29H2,1-4H3. The van der Waals surface area contributed by atoms with Crippen molar-refractivity contribution in [3.8, 4) is 50.6 Å². The quantitative estimate of drug-likeness (QED) is 0.0666. The van der Waals surface area contributed by atoms with Crippen LogP contribution in [0, 0.1) is 20.8 Å². The molecule has 0 amide bonds. The summed E-state index contributed by atoms with van der Waals surface area (Å²) in [6.45, 7) is 17.9. The van der Waals surface area contributed by atoms with E-state index in [0.717, 1.165) is 83.0 Å². The molecular formula is C47H52O9. The van der Waals surface area contributed by atoms with Crippen LogP contribution in [0.3, 0.4) is 0 Å². The van der Waals surface area contributed by atoms with Crippen molar-refractivity contribution < 1.29 is 42.7 Å². The van der Waals surface area contributed by atoms with Crippen molar-refractivity contribution >= 4 is 11.9 Å². The van der Waals surface area contributed by atoms with Crippen LogP contribution in [0.1, 0.15) is 62.1 Å². The van der Waals surface area contributed by atoms with Gasteiger partial charge in [-0.2, -0.15) is 0 Å². The maximum Gasteiger partial charge on any atom is 0.341 e. The highest BCUT2D eigenvalue weighted by atomic mass is 16.7. The maximum atomic E-state index is 12.9. The van der Waals surface area contributed by atoms with Gasteiger partial charge in [-0.15, -0.1) is 0 Å². The van der Waals surface area contributed by atoms with Crippen LogP contribution >= 0.6 is 0 Å². The van der Waals surface area contributed by atoms with Crippen LogP contribution in [0.5, 0.6) is 17.2 Å². The Balaban J connectivity index is 1.26. The number of carbonyl (C=O) groups is 2. The Bertz CT molecular complexity index is 1880. The van der Waals surface area contributed by atoms with Gasteiger partial charge in [-0.3, -0.25) is 0 Å². The maximum absolute atomic E-state index is 12.9. The van der Waals surface area contributed by atoms with E-state index in [1.54, 1.807) is 24.3 Å². The summed E-state index contributed by atoms with van der Waals surface area (Å²) in [4.78, 5) is 25.7. The highest BCUT2D eigenvalue weighted by molar-refractivity contribution is 5.92. The summed E-state index contributed by atoms with van der Waals surface area (Å²) >= 11 is 0. The fourth-order valence-electron chi connectivity index (χ4n) is 7.09. The molecule has 0 N–H and O–H groups in total. The minimum Gasteiger partial charge on any atom is -0.493 e. The first-order chi connectivity index (χ1) is 27.1. The Morgan fingerprint density at radius 3 is 1.48 bits per heavy atom. The first-order valence-corrected chi connectivity index (χ1v) is 19.5. The molecule has 9 nitrogen and oxygen atoms in total. The zero-order valence-corrected chi connectivity index (χ0v) is 32.9. The lowest BCUT2D eigenvalue weighted by Gasteiger charge is -2.22. The van der Waals surface area contributed by atoms with E-state index in [1.165, 1.54) is 5.56 Å². The first kappa shape index (κ1) is 40.6. The predicted molar refractivity (Wildman–Crippen MR) is 217 cm³/mol. The van der Waals surface area contributed by atoms with Crippen molar-refractivity contribution in [1.29, 1.82) is 0 Å². The largest absolute Gasteiger partial charge is 0.493 e. The molecule has 0 saturated carbocycles. The number of hydrogen-bond donors (Lipinski definition) is 0. The van der Waals surface area contributed by atoms with Gasteiger partial charge in [0.1, 0.15) is 17.2 Å². The number of aryl methyl sites for hydroxylation is 3. The van der Waals surface area contributed by atoms with E-state index in [1.807, 2.05) is 31.2 Å². The van der Waals surface area contributed by atoms with Crippen LogP contribution in [0.15, 0.2) is 97.1 Å². The van der Waals surface area contributed by atoms with Gasteiger partial charge in [-0.05, 0) is 136 Å². The Kier molecular flexibility index (Phi) is 13.9. The van der Waals surface area contributed by atoms with Gasteiger partial charge in [0.15, 0.2) is 12.6 Å². The molecule has 0 aliphatic carbocycles. The average molecular weight is 761 g/mol. The van der Waals surface area contributed by atoms with Crippen molar-refractivity contribution in [2.75, 3.05) is 33.0 Å². The lowest BCUT2D eigenvalue weighted by molar-refractivity contribution is -0.159. The van der Waals surface area contributed by atoms with Gasteiger partial charge in [0, 0.05) is 24.3 Å². The van der Waals surface area contributed by atoms with E-state index >= 15 is 0 Å². The molecule has 2 unspecified atom stereocenters. The van der Waals surface area contributed by atoms with Crippen molar-refractivity contribution in [3.05, 3.63) is 114 Å². The van der Waals surface area contributed by atoms with Gasteiger partial charge in [0.05, 0.1) is 31.0 Å². The molecule has 2 heterocycles. The van der Waals surface area contributed by atoms with Crippen LogP contribution in [0.4, 0.5) is 0 Å². The highest BCUT2D eigenvalue weighted by Crippen LogP contribution is 2.44. The van der Waals surface area contributed by atoms with Crippen molar-refractivity contribution in [3.63, 3.8) is 0 Å². The Hall–Kier alpha value is -5.06. The summed E-state index contributed by atoms with van der Waals surface area (Å²) in [5.41, 5.74) is 9.59. The highest BCUT2D eigenvalue weighted by Gasteiger charge is 2.22. The normalized spacial score (nSPS) is 16.9. The van der Waals surface area contributed by atoms with Gasteiger partial charge in [-0.1, -0.05) is 55.1 Å². The fourth-order valence-corrected chi connectivity index (χ4v) is 7.09. The third kappa shape index (κ3) is 10.4. The van der Waals surface area contributed by atoms with Crippen LogP contribution in [0.2, 0.25) is 0 Å². The Labute approximate surface area is 330 Å². The molecule has 2 saturated heterocycles. The topological polar surface area (TPSA) is 98.8 Å². The molecule has 56 heavy (non-hydrogen) atoms. The molecule has 4 aromatic carbocycles. The first-order valence-electron chi connectivity index (χ1n) is 19.5. The zero-order chi connectivity index (χ0) is 39.6. The van der Waals surface area contributed by atoms with E-state index in [0.29, 0.717) is 37.1 Å². The fraction of sp³-hybridized carbons (Fsp3) is 0.362. The lowest BCUT2D eigenvalue weighted by Crippen LogP contribution is -2.25. The molecule has 9 heteroatoms. The number of ether oxygens (including phenoxy) is 7. The zero-order valence-electron chi connectivity index (χ0n) is 32.9. The van der Waals surface area contributed by atoms with Gasteiger partial charge in [0.2, 0.25) is 0 Å². The van der Waals surface area contributed by atoms with Crippen LogP contribution in [-0.4, -0.2) is 57.6 Å². The molecule has 0 bridgehead atoms. The molecule has 0 spiro atoms. The minimum atomic E-state index is -0.556. The van der Waals surface area contributed by atoms with Gasteiger partial charge in [-0.25, -0.2) is 9.59 Å². The molecular weight excluding hydrogens is 709 g/mol. The SMILES string of the molecule is C=C(COC1CCCCO1)C(=O)Oc1ccc(-c2cc(-c3c(C)cc(C)cc3C)cc(-c3ccc(OC(=O)C(=C)COC4CCCCO4)cc3)c2OCC)cc1. The summed E-state index contributed by atoms with van der Waals surface area (Å²) in [6.07, 6.45) is 5.02. The molecule has 2 fully saturated rings. The number of benzene rings is 4. The van der Waals surface area contributed by atoms with Gasteiger partial charge in [0.25, 0.3) is 0 Å². The molecule has 4 aromatic rings. The summed E-state index contributed by atoms with van der Waals surface area (Å²) in [7, 11) is 0. The number of esters is 2.